The fraction of sp³-hybridized carbons (Fsp3) is 0.150. The number of nitrogens with one attached hydrogen (secondary N) is 1. The van der Waals surface area contributed by atoms with Gasteiger partial charge in [0, 0.05) is 10.7 Å². The number of para-hydroxylation sites is 1. The van der Waals surface area contributed by atoms with Crippen LogP contribution in [-0.2, 0) is 9.59 Å². The summed E-state index contributed by atoms with van der Waals surface area (Å²) < 4.78 is 0.368. The lowest BCUT2D eigenvalue weighted by Gasteiger charge is -2.22. The number of amides is 2. The number of rotatable bonds is 4. The molecule has 0 radical (unpaired) electrons. The van der Waals surface area contributed by atoms with Crippen molar-refractivity contribution in [3.8, 4) is 0 Å². The number of carbonyl (C=O) groups excluding carboxylic acids is 2. The van der Waals surface area contributed by atoms with Gasteiger partial charge in [-0.05, 0) is 49.2 Å². The minimum absolute atomic E-state index is 0.271. The number of halogens is 1. The van der Waals surface area contributed by atoms with Crippen LogP contribution in [0.4, 0.5) is 5.69 Å². The van der Waals surface area contributed by atoms with E-state index in [1.807, 2.05) is 43.3 Å². The number of benzene rings is 2. The molecule has 27 heavy (non-hydrogen) atoms. The predicted molar refractivity (Wildman–Crippen MR) is 116 cm³/mol. The summed E-state index contributed by atoms with van der Waals surface area (Å²) in [7, 11) is 0. The Labute approximate surface area is 172 Å². The lowest BCUT2D eigenvalue weighted by molar-refractivity contribution is -0.129. The smallest absolute Gasteiger partial charge is 0.266 e. The number of carbonyl (C=O) groups is 2. The van der Waals surface area contributed by atoms with Gasteiger partial charge in [0.2, 0.25) is 5.91 Å². The highest BCUT2D eigenvalue weighted by Crippen LogP contribution is 2.34. The summed E-state index contributed by atoms with van der Waals surface area (Å²) in [6, 6.07) is 13.9. The Bertz CT molecular complexity index is 941. The minimum atomic E-state index is -0.715. The van der Waals surface area contributed by atoms with E-state index >= 15 is 0 Å². The zero-order chi connectivity index (χ0) is 19.6. The van der Waals surface area contributed by atoms with E-state index in [0.717, 1.165) is 16.8 Å². The van der Waals surface area contributed by atoms with Crippen molar-refractivity contribution < 1.29 is 9.59 Å². The lowest BCUT2D eigenvalue weighted by Crippen LogP contribution is -2.44. The standard InChI is InChI=1S/C20H17ClN2O2S2/c1-12-5-3-4-6-16(12)22-18(24)13(2)23-19(25)17(27-20(23)26)11-14-7-9-15(21)10-8-14/h3-11,13H,1-2H3,(H,22,24)/b17-11-. The first-order chi connectivity index (χ1) is 12.9. The number of hydrogen-bond acceptors (Lipinski definition) is 4. The van der Waals surface area contributed by atoms with Crippen molar-refractivity contribution >= 4 is 63.5 Å². The molecule has 2 aromatic rings. The SMILES string of the molecule is Cc1ccccc1NC(=O)C(C)N1C(=O)/C(=C/c2ccc(Cl)cc2)SC1=S. The van der Waals surface area contributed by atoms with Gasteiger partial charge in [-0.15, -0.1) is 0 Å². The van der Waals surface area contributed by atoms with Crippen LogP contribution in [0.3, 0.4) is 0 Å². The number of hydrogen-bond donors (Lipinski definition) is 1. The predicted octanol–water partition coefficient (Wildman–Crippen LogP) is 4.88. The van der Waals surface area contributed by atoms with E-state index in [4.69, 9.17) is 23.8 Å². The quantitative estimate of drug-likeness (QED) is 0.570. The Kier molecular flexibility index (Phi) is 5.99. The van der Waals surface area contributed by atoms with Crippen LogP contribution in [0.15, 0.2) is 53.4 Å². The van der Waals surface area contributed by atoms with Crippen LogP contribution >= 0.6 is 35.6 Å². The van der Waals surface area contributed by atoms with Crippen LogP contribution in [-0.4, -0.2) is 27.1 Å². The second-order valence-corrected chi connectivity index (χ2v) is 8.20. The highest BCUT2D eigenvalue weighted by molar-refractivity contribution is 8.26. The van der Waals surface area contributed by atoms with Gasteiger partial charge in [-0.3, -0.25) is 14.5 Å². The largest absolute Gasteiger partial charge is 0.324 e. The molecule has 1 fully saturated rings. The first-order valence-electron chi connectivity index (χ1n) is 8.26. The molecule has 1 atom stereocenters. The molecule has 0 spiro atoms. The molecular weight excluding hydrogens is 400 g/mol. The molecule has 2 amide bonds. The molecule has 3 rings (SSSR count). The van der Waals surface area contributed by atoms with E-state index in [9.17, 15) is 9.59 Å². The van der Waals surface area contributed by atoms with Crippen LogP contribution in [0, 0.1) is 6.92 Å². The molecule has 0 saturated carbocycles. The summed E-state index contributed by atoms with van der Waals surface area (Å²) in [6.45, 7) is 3.58. The van der Waals surface area contributed by atoms with Crippen molar-refractivity contribution in [2.75, 3.05) is 5.32 Å². The Balaban J connectivity index is 1.77. The van der Waals surface area contributed by atoms with Crippen molar-refractivity contribution in [2.45, 2.75) is 19.9 Å². The molecule has 138 valence electrons. The van der Waals surface area contributed by atoms with Gasteiger partial charge in [0.15, 0.2) is 0 Å². The van der Waals surface area contributed by atoms with Gasteiger partial charge in [-0.2, -0.15) is 0 Å². The van der Waals surface area contributed by atoms with Gasteiger partial charge in [0.05, 0.1) is 4.91 Å². The molecule has 0 aliphatic carbocycles. The number of anilines is 1. The zero-order valence-electron chi connectivity index (χ0n) is 14.7. The molecule has 1 saturated heterocycles. The second kappa shape index (κ2) is 8.25. The van der Waals surface area contributed by atoms with Crippen molar-refractivity contribution in [3.63, 3.8) is 0 Å². The van der Waals surface area contributed by atoms with Crippen LogP contribution in [0.5, 0.6) is 0 Å². The monoisotopic (exact) mass is 416 g/mol. The summed E-state index contributed by atoms with van der Waals surface area (Å²) in [5, 5.41) is 3.49. The lowest BCUT2D eigenvalue weighted by atomic mass is 10.2. The zero-order valence-corrected chi connectivity index (χ0v) is 17.1. The second-order valence-electron chi connectivity index (χ2n) is 6.08. The number of nitrogens with zero attached hydrogens (tertiary/aromatic N) is 1. The molecule has 4 nitrogen and oxygen atoms in total. The van der Waals surface area contributed by atoms with Gasteiger partial charge in [-0.25, -0.2) is 0 Å². The molecule has 1 unspecified atom stereocenters. The van der Waals surface area contributed by atoms with Crippen LogP contribution in [0.25, 0.3) is 6.08 Å². The van der Waals surface area contributed by atoms with Crippen LogP contribution in [0.1, 0.15) is 18.1 Å². The normalized spacial score (nSPS) is 16.7. The van der Waals surface area contributed by atoms with Crippen molar-refractivity contribution in [2.24, 2.45) is 0 Å². The Morgan fingerprint density at radius 2 is 1.89 bits per heavy atom. The molecule has 1 aliphatic rings. The molecule has 7 heteroatoms. The highest BCUT2D eigenvalue weighted by Gasteiger charge is 2.38. The van der Waals surface area contributed by atoms with Gasteiger partial charge in [0.25, 0.3) is 5.91 Å². The third-order valence-electron chi connectivity index (χ3n) is 4.16. The van der Waals surface area contributed by atoms with E-state index < -0.39 is 6.04 Å². The van der Waals surface area contributed by atoms with E-state index in [2.05, 4.69) is 5.32 Å². The Morgan fingerprint density at radius 3 is 2.56 bits per heavy atom. The summed E-state index contributed by atoms with van der Waals surface area (Å²) >= 11 is 12.4. The maximum absolute atomic E-state index is 12.8. The maximum Gasteiger partial charge on any atom is 0.266 e. The van der Waals surface area contributed by atoms with Crippen molar-refractivity contribution in [1.29, 1.82) is 0 Å². The third-order valence-corrected chi connectivity index (χ3v) is 5.74. The van der Waals surface area contributed by atoms with Crippen molar-refractivity contribution in [3.05, 3.63) is 69.6 Å². The first kappa shape index (κ1) is 19.6. The summed E-state index contributed by atoms with van der Waals surface area (Å²) in [6.07, 6.45) is 1.75. The maximum atomic E-state index is 12.8. The van der Waals surface area contributed by atoms with Gasteiger partial charge in [0.1, 0.15) is 10.4 Å². The van der Waals surface area contributed by atoms with Crippen LogP contribution < -0.4 is 5.32 Å². The summed E-state index contributed by atoms with van der Waals surface area (Å²) in [5.74, 6) is -0.555. The van der Waals surface area contributed by atoms with E-state index in [-0.39, 0.29) is 11.8 Å². The average Bonchev–Trinajstić information content (AvgIpc) is 2.91. The fourth-order valence-electron chi connectivity index (χ4n) is 2.59. The number of aryl methyl sites for hydroxylation is 1. The van der Waals surface area contributed by atoms with Gasteiger partial charge in [-0.1, -0.05) is 65.9 Å². The summed E-state index contributed by atoms with van der Waals surface area (Å²) in [5.41, 5.74) is 2.51. The van der Waals surface area contributed by atoms with Gasteiger partial charge < -0.3 is 5.32 Å². The van der Waals surface area contributed by atoms with Crippen molar-refractivity contribution in [1.82, 2.24) is 4.90 Å². The molecule has 1 N–H and O–H groups in total. The highest BCUT2D eigenvalue weighted by atomic mass is 35.5. The number of thioether (sulfide) groups is 1. The average molecular weight is 417 g/mol. The first-order valence-corrected chi connectivity index (χ1v) is 9.86. The number of thiocarbonyl (C=S) groups is 1. The molecule has 2 aromatic carbocycles. The molecule has 0 aromatic heterocycles. The fourth-order valence-corrected chi connectivity index (χ4v) is 4.14. The molecular formula is C20H17ClN2O2S2. The topological polar surface area (TPSA) is 49.4 Å². The van der Waals surface area contributed by atoms with Gasteiger partial charge >= 0.3 is 0 Å². The van der Waals surface area contributed by atoms with Crippen LogP contribution in [0.2, 0.25) is 5.02 Å². The summed E-state index contributed by atoms with van der Waals surface area (Å²) in [4.78, 5) is 27.3. The third kappa shape index (κ3) is 4.40. The Hall–Kier alpha value is -2.15. The minimum Gasteiger partial charge on any atom is -0.324 e. The molecule has 1 aliphatic heterocycles. The van der Waals surface area contributed by atoms with E-state index in [0.29, 0.717) is 14.2 Å². The van der Waals surface area contributed by atoms with E-state index in [1.165, 1.54) is 16.7 Å². The Morgan fingerprint density at radius 1 is 1.22 bits per heavy atom. The molecule has 1 heterocycles. The molecule has 0 bridgehead atoms. The van der Waals surface area contributed by atoms with E-state index in [1.54, 1.807) is 25.1 Å².